The standard InChI is InChI=1S/C13H18BrClN2/c1-9-7-11(5-6-17(9)2)16-10-3-4-12(14)13(15)8-10/h3-4,8-9,11,16H,5-7H2,1-2H3. The fraction of sp³-hybridized carbons (Fsp3) is 0.538. The van der Waals surface area contributed by atoms with Crippen LogP contribution in [0.25, 0.3) is 0 Å². The third-order valence-electron chi connectivity index (χ3n) is 3.50. The van der Waals surface area contributed by atoms with E-state index in [0.29, 0.717) is 12.1 Å². The number of rotatable bonds is 2. The van der Waals surface area contributed by atoms with Crippen LogP contribution in [0.15, 0.2) is 22.7 Å². The minimum Gasteiger partial charge on any atom is -0.382 e. The fourth-order valence-corrected chi connectivity index (χ4v) is 2.67. The molecule has 0 radical (unpaired) electrons. The molecule has 0 aromatic heterocycles. The van der Waals surface area contributed by atoms with Crippen molar-refractivity contribution in [3.63, 3.8) is 0 Å². The topological polar surface area (TPSA) is 15.3 Å². The molecule has 0 spiro atoms. The molecule has 2 nitrogen and oxygen atoms in total. The van der Waals surface area contributed by atoms with Crippen LogP contribution in [0.2, 0.25) is 5.02 Å². The molecular formula is C13H18BrClN2. The number of nitrogens with zero attached hydrogens (tertiary/aromatic N) is 1. The van der Waals surface area contributed by atoms with Crippen molar-refractivity contribution in [1.29, 1.82) is 0 Å². The number of benzene rings is 1. The first-order chi connectivity index (χ1) is 8.06. The van der Waals surface area contributed by atoms with Crippen LogP contribution >= 0.6 is 27.5 Å². The molecule has 0 amide bonds. The van der Waals surface area contributed by atoms with Gasteiger partial charge in [0.2, 0.25) is 0 Å². The number of nitrogens with one attached hydrogen (secondary N) is 1. The van der Waals surface area contributed by atoms with Crippen LogP contribution < -0.4 is 5.32 Å². The maximum absolute atomic E-state index is 6.09. The Balaban J connectivity index is 1.99. The third kappa shape index (κ3) is 3.36. The van der Waals surface area contributed by atoms with Gasteiger partial charge in [-0.2, -0.15) is 0 Å². The van der Waals surface area contributed by atoms with Gasteiger partial charge in [0.05, 0.1) is 5.02 Å². The van der Waals surface area contributed by atoms with Gasteiger partial charge < -0.3 is 10.2 Å². The molecule has 1 saturated heterocycles. The van der Waals surface area contributed by atoms with Crippen molar-refractivity contribution in [1.82, 2.24) is 4.90 Å². The molecular weight excluding hydrogens is 300 g/mol. The van der Waals surface area contributed by atoms with Gasteiger partial charge in [-0.25, -0.2) is 0 Å². The van der Waals surface area contributed by atoms with E-state index in [1.807, 2.05) is 12.1 Å². The molecule has 0 aliphatic carbocycles. The van der Waals surface area contributed by atoms with Crippen molar-refractivity contribution in [2.75, 3.05) is 18.9 Å². The molecule has 1 heterocycles. The molecule has 1 N–H and O–H groups in total. The minimum atomic E-state index is 0.554. The highest BCUT2D eigenvalue weighted by molar-refractivity contribution is 9.10. The zero-order valence-electron chi connectivity index (χ0n) is 10.2. The van der Waals surface area contributed by atoms with E-state index < -0.39 is 0 Å². The SMILES string of the molecule is CC1CC(Nc2ccc(Br)c(Cl)c2)CCN1C. The van der Waals surface area contributed by atoms with Crippen molar-refractivity contribution in [3.05, 3.63) is 27.7 Å². The van der Waals surface area contributed by atoms with E-state index in [2.05, 4.69) is 46.2 Å². The molecule has 1 aromatic carbocycles. The van der Waals surface area contributed by atoms with Gasteiger partial charge >= 0.3 is 0 Å². The largest absolute Gasteiger partial charge is 0.382 e. The van der Waals surface area contributed by atoms with Crippen LogP contribution in [-0.2, 0) is 0 Å². The molecule has 17 heavy (non-hydrogen) atoms. The summed E-state index contributed by atoms with van der Waals surface area (Å²) in [7, 11) is 2.19. The number of hydrogen-bond acceptors (Lipinski definition) is 2. The Morgan fingerprint density at radius 3 is 2.88 bits per heavy atom. The Kier molecular flexibility index (Phi) is 4.34. The lowest BCUT2D eigenvalue weighted by Gasteiger charge is -2.35. The average Bonchev–Trinajstić information content (AvgIpc) is 2.29. The molecule has 0 saturated carbocycles. The monoisotopic (exact) mass is 316 g/mol. The van der Waals surface area contributed by atoms with Crippen LogP contribution in [0.1, 0.15) is 19.8 Å². The molecule has 94 valence electrons. The minimum absolute atomic E-state index is 0.554. The van der Waals surface area contributed by atoms with Crippen molar-refractivity contribution in [3.8, 4) is 0 Å². The molecule has 2 atom stereocenters. The van der Waals surface area contributed by atoms with E-state index in [1.54, 1.807) is 0 Å². The van der Waals surface area contributed by atoms with Crippen LogP contribution in [-0.4, -0.2) is 30.6 Å². The van der Waals surface area contributed by atoms with Crippen LogP contribution in [0.4, 0.5) is 5.69 Å². The Morgan fingerprint density at radius 2 is 2.24 bits per heavy atom. The van der Waals surface area contributed by atoms with Crippen LogP contribution in [0.3, 0.4) is 0 Å². The van der Waals surface area contributed by atoms with E-state index in [9.17, 15) is 0 Å². The summed E-state index contributed by atoms with van der Waals surface area (Å²) in [4.78, 5) is 2.41. The summed E-state index contributed by atoms with van der Waals surface area (Å²) < 4.78 is 0.946. The lowest BCUT2D eigenvalue weighted by Crippen LogP contribution is -2.42. The first-order valence-corrected chi connectivity index (χ1v) is 7.15. The Bertz CT molecular complexity index is 397. The van der Waals surface area contributed by atoms with Gasteiger partial charge in [0, 0.05) is 28.8 Å². The summed E-state index contributed by atoms with van der Waals surface area (Å²) in [6.07, 6.45) is 2.37. The summed E-state index contributed by atoms with van der Waals surface area (Å²) in [6.45, 7) is 3.44. The van der Waals surface area contributed by atoms with E-state index >= 15 is 0 Å². The highest BCUT2D eigenvalue weighted by atomic mass is 79.9. The zero-order chi connectivity index (χ0) is 12.4. The number of anilines is 1. The molecule has 2 rings (SSSR count). The van der Waals surface area contributed by atoms with Crippen LogP contribution in [0, 0.1) is 0 Å². The number of piperidine rings is 1. The van der Waals surface area contributed by atoms with Crippen molar-refractivity contribution in [2.24, 2.45) is 0 Å². The van der Waals surface area contributed by atoms with Gasteiger partial charge in [-0.1, -0.05) is 11.6 Å². The maximum atomic E-state index is 6.09. The number of likely N-dealkylation sites (tertiary alicyclic amines) is 1. The van der Waals surface area contributed by atoms with E-state index in [1.165, 1.54) is 12.8 Å². The molecule has 0 bridgehead atoms. The summed E-state index contributed by atoms with van der Waals surface area (Å²) in [5.74, 6) is 0. The Hall–Kier alpha value is -0.250. The number of halogens is 2. The predicted molar refractivity (Wildman–Crippen MR) is 77.9 cm³/mol. The summed E-state index contributed by atoms with van der Waals surface area (Å²) in [5, 5.41) is 4.33. The summed E-state index contributed by atoms with van der Waals surface area (Å²) in [5.41, 5.74) is 1.11. The molecule has 1 aliphatic heterocycles. The van der Waals surface area contributed by atoms with Crippen molar-refractivity contribution < 1.29 is 0 Å². The average molecular weight is 318 g/mol. The third-order valence-corrected chi connectivity index (χ3v) is 4.73. The second kappa shape index (κ2) is 5.59. The van der Waals surface area contributed by atoms with Gasteiger partial charge in [0.25, 0.3) is 0 Å². The Labute approximate surface area is 116 Å². The van der Waals surface area contributed by atoms with E-state index in [4.69, 9.17) is 11.6 Å². The molecule has 4 heteroatoms. The van der Waals surface area contributed by atoms with Crippen molar-refractivity contribution in [2.45, 2.75) is 31.8 Å². The van der Waals surface area contributed by atoms with Gasteiger partial charge in [-0.3, -0.25) is 0 Å². The van der Waals surface area contributed by atoms with Crippen LogP contribution in [0.5, 0.6) is 0 Å². The van der Waals surface area contributed by atoms with E-state index in [0.717, 1.165) is 21.7 Å². The summed E-state index contributed by atoms with van der Waals surface area (Å²) in [6, 6.07) is 7.24. The zero-order valence-corrected chi connectivity index (χ0v) is 12.6. The molecule has 1 aromatic rings. The van der Waals surface area contributed by atoms with E-state index in [-0.39, 0.29) is 0 Å². The van der Waals surface area contributed by atoms with Gasteiger partial charge in [0.15, 0.2) is 0 Å². The second-order valence-corrected chi connectivity index (χ2v) is 6.09. The lowest BCUT2D eigenvalue weighted by atomic mass is 9.99. The molecule has 1 aliphatic rings. The first-order valence-electron chi connectivity index (χ1n) is 5.98. The number of hydrogen-bond donors (Lipinski definition) is 1. The van der Waals surface area contributed by atoms with Gasteiger partial charge in [0.1, 0.15) is 0 Å². The molecule has 1 fully saturated rings. The lowest BCUT2D eigenvalue weighted by molar-refractivity contribution is 0.190. The second-order valence-electron chi connectivity index (χ2n) is 4.82. The smallest absolute Gasteiger partial charge is 0.0568 e. The Morgan fingerprint density at radius 1 is 1.47 bits per heavy atom. The normalized spacial score (nSPS) is 25.9. The van der Waals surface area contributed by atoms with Gasteiger partial charge in [-0.15, -0.1) is 0 Å². The fourth-order valence-electron chi connectivity index (χ4n) is 2.24. The predicted octanol–water partition coefficient (Wildman–Crippen LogP) is 4.00. The first kappa shape index (κ1) is 13.2. The quantitative estimate of drug-likeness (QED) is 0.887. The maximum Gasteiger partial charge on any atom is 0.0568 e. The van der Waals surface area contributed by atoms with Gasteiger partial charge in [-0.05, 0) is 60.9 Å². The summed E-state index contributed by atoms with van der Waals surface area (Å²) >= 11 is 9.49. The molecule has 2 unspecified atom stereocenters. The highest BCUT2D eigenvalue weighted by Crippen LogP contribution is 2.27. The highest BCUT2D eigenvalue weighted by Gasteiger charge is 2.22. The van der Waals surface area contributed by atoms with Crippen molar-refractivity contribution >= 4 is 33.2 Å².